The molecule has 2 aromatic carbocycles. The monoisotopic (exact) mass is 369 g/mol. The van der Waals surface area contributed by atoms with Crippen molar-refractivity contribution in [2.75, 3.05) is 7.11 Å². The van der Waals surface area contributed by atoms with Gasteiger partial charge in [-0.15, -0.1) is 0 Å². The molecule has 4 nitrogen and oxygen atoms in total. The van der Waals surface area contributed by atoms with Gasteiger partial charge in [0.1, 0.15) is 5.58 Å². The third-order valence-electron chi connectivity index (χ3n) is 4.80. The van der Waals surface area contributed by atoms with Crippen molar-refractivity contribution >= 4 is 28.5 Å². The van der Waals surface area contributed by atoms with Crippen LogP contribution in [0.3, 0.4) is 0 Å². The van der Waals surface area contributed by atoms with Crippen LogP contribution in [0.4, 0.5) is 0 Å². The Hall–Kier alpha value is -2.30. The SMILES string of the molecule is COCc1c(C(=O)N[C@H](c2ccc(Cl)cc2)C2CC2)oc2ccccc12. The molecule has 134 valence electrons. The van der Waals surface area contributed by atoms with Crippen LogP contribution in [0.15, 0.2) is 52.9 Å². The van der Waals surface area contributed by atoms with E-state index in [9.17, 15) is 4.79 Å². The highest BCUT2D eigenvalue weighted by Crippen LogP contribution is 2.41. The standard InChI is InChI=1S/C21H20ClNO3/c1-25-12-17-16-4-2-3-5-18(16)26-20(17)21(24)23-19(13-6-7-13)14-8-10-15(22)11-9-14/h2-5,8-11,13,19H,6-7,12H2,1H3,(H,23,24)/t19-/m0/s1. The molecular weight excluding hydrogens is 350 g/mol. The Bertz CT molecular complexity index is 928. The molecular formula is C21H20ClNO3. The Labute approximate surface area is 157 Å². The van der Waals surface area contributed by atoms with Gasteiger partial charge in [0.15, 0.2) is 5.76 Å². The van der Waals surface area contributed by atoms with E-state index in [2.05, 4.69) is 5.32 Å². The number of hydrogen-bond acceptors (Lipinski definition) is 3. The van der Waals surface area contributed by atoms with E-state index in [1.807, 2.05) is 48.5 Å². The normalized spacial score (nSPS) is 15.2. The van der Waals surface area contributed by atoms with Gasteiger partial charge in [-0.05, 0) is 42.5 Å². The molecule has 0 unspecified atom stereocenters. The first-order valence-electron chi connectivity index (χ1n) is 8.73. The van der Waals surface area contributed by atoms with Crippen LogP contribution < -0.4 is 5.32 Å². The molecule has 1 aliphatic rings. The molecule has 0 aliphatic heterocycles. The lowest BCUT2D eigenvalue weighted by Crippen LogP contribution is -2.30. The quantitative estimate of drug-likeness (QED) is 0.656. The highest BCUT2D eigenvalue weighted by molar-refractivity contribution is 6.30. The number of amides is 1. The fourth-order valence-corrected chi connectivity index (χ4v) is 3.48. The van der Waals surface area contributed by atoms with Crippen molar-refractivity contribution in [3.63, 3.8) is 0 Å². The van der Waals surface area contributed by atoms with Crippen LogP contribution in [-0.2, 0) is 11.3 Å². The van der Waals surface area contributed by atoms with Crippen molar-refractivity contribution in [3.05, 3.63) is 70.4 Å². The fraction of sp³-hybridized carbons (Fsp3) is 0.286. The minimum atomic E-state index is -0.208. The van der Waals surface area contributed by atoms with E-state index in [1.54, 1.807) is 7.11 Å². The predicted molar refractivity (Wildman–Crippen MR) is 101 cm³/mol. The van der Waals surface area contributed by atoms with Crippen LogP contribution in [0.25, 0.3) is 11.0 Å². The maximum absolute atomic E-state index is 13.0. The minimum absolute atomic E-state index is 0.0385. The molecule has 1 amide bonds. The van der Waals surface area contributed by atoms with Gasteiger partial charge in [0.25, 0.3) is 5.91 Å². The van der Waals surface area contributed by atoms with Gasteiger partial charge in [0.05, 0.1) is 12.6 Å². The average molecular weight is 370 g/mol. The van der Waals surface area contributed by atoms with Gasteiger partial charge in [-0.25, -0.2) is 0 Å². The largest absolute Gasteiger partial charge is 0.451 e. The number of benzene rings is 2. The van der Waals surface area contributed by atoms with Crippen molar-refractivity contribution in [2.45, 2.75) is 25.5 Å². The lowest BCUT2D eigenvalue weighted by molar-refractivity contribution is 0.0899. The Morgan fingerprint density at radius 2 is 1.96 bits per heavy atom. The number of nitrogens with one attached hydrogen (secondary N) is 1. The van der Waals surface area contributed by atoms with E-state index in [-0.39, 0.29) is 11.9 Å². The first kappa shape index (κ1) is 17.1. The van der Waals surface area contributed by atoms with Gasteiger partial charge in [-0.3, -0.25) is 4.79 Å². The second-order valence-electron chi connectivity index (χ2n) is 6.68. The zero-order chi connectivity index (χ0) is 18.1. The highest BCUT2D eigenvalue weighted by Gasteiger charge is 2.34. The number of rotatable bonds is 6. The molecule has 0 spiro atoms. The van der Waals surface area contributed by atoms with Crippen LogP contribution in [0, 0.1) is 5.92 Å². The molecule has 0 bridgehead atoms. The number of hydrogen-bond donors (Lipinski definition) is 1. The predicted octanol–water partition coefficient (Wildman–Crippen LogP) is 5.11. The van der Waals surface area contributed by atoms with Gasteiger partial charge in [-0.1, -0.05) is 41.9 Å². The third-order valence-corrected chi connectivity index (χ3v) is 5.05. The van der Waals surface area contributed by atoms with Gasteiger partial charge >= 0.3 is 0 Å². The lowest BCUT2D eigenvalue weighted by atomic mass is 10.0. The van der Waals surface area contributed by atoms with E-state index in [0.717, 1.165) is 29.4 Å². The summed E-state index contributed by atoms with van der Waals surface area (Å²) in [5.74, 6) is 0.572. The van der Waals surface area contributed by atoms with E-state index in [1.165, 1.54) is 0 Å². The van der Waals surface area contributed by atoms with E-state index in [4.69, 9.17) is 20.8 Å². The smallest absolute Gasteiger partial charge is 0.287 e. The second-order valence-corrected chi connectivity index (χ2v) is 7.12. The summed E-state index contributed by atoms with van der Waals surface area (Å²) in [7, 11) is 1.62. The van der Waals surface area contributed by atoms with Crippen LogP contribution in [0.2, 0.25) is 5.02 Å². The van der Waals surface area contributed by atoms with Crippen LogP contribution in [0.1, 0.15) is 40.6 Å². The lowest BCUT2D eigenvalue weighted by Gasteiger charge is -2.18. The Morgan fingerprint density at radius 1 is 1.23 bits per heavy atom. The zero-order valence-corrected chi connectivity index (χ0v) is 15.3. The number of halogens is 1. The minimum Gasteiger partial charge on any atom is -0.451 e. The summed E-state index contributed by atoms with van der Waals surface area (Å²) in [6.45, 7) is 0.328. The molecule has 1 atom stereocenters. The van der Waals surface area contributed by atoms with Crippen molar-refractivity contribution < 1.29 is 13.9 Å². The van der Waals surface area contributed by atoms with Crippen LogP contribution in [0.5, 0.6) is 0 Å². The molecule has 5 heteroatoms. The number of carbonyl (C=O) groups excluding carboxylic acids is 1. The maximum Gasteiger partial charge on any atom is 0.287 e. The topological polar surface area (TPSA) is 51.5 Å². The van der Waals surface area contributed by atoms with Gasteiger partial charge in [-0.2, -0.15) is 0 Å². The van der Waals surface area contributed by atoms with Crippen molar-refractivity contribution in [1.29, 1.82) is 0 Å². The number of fused-ring (bicyclic) bond motifs is 1. The molecule has 1 fully saturated rings. The summed E-state index contributed by atoms with van der Waals surface area (Å²) in [4.78, 5) is 13.0. The number of para-hydroxylation sites is 1. The average Bonchev–Trinajstić information content (AvgIpc) is 3.43. The molecule has 4 rings (SSSR count). The summed E-state index contributed by atoms with van der Waals surface area (Å²) in [6.07, 6.45) is 2.22. The Morgan fingerprint density at radius 3 is 2.65 bits per heavy atom. The number of methoxy groups -OCH3 is 1. The van der Waals surface area contributed by atoms with E-state index >= 15 is 0 Å². The van der Waals surface area contributed by atoms with Gasteiger partial charge in [0, 0.05) is 23.1 Å². The van der Waals surface area contributed by atoms with Crippen molar-refractivity contribution in [1.82, 2.24) is 5.32 Å². The summed E-state index contributed by atoms with van der Waals surface area (Å²) in [6, 6.07) is 15.3. The Kier molecular flexibility index (Phi) is 4.70. The van der Waals surface area contributed by atoms with Gasteiger partial charge < -0.3 is 14.5 Å². The number of carbonyl (C=O) groups is 1. The first-order chi connectivity index (χ1) is 12.7. The molecule has 26 heavy (non-hydrogen) atoms. The summed E-state index contributed by atoms with van der Waals surface area (Å²) in [5.41, 5.74) is 2.54. The first-order valence-corrected chi connectivity index (χ1v) is 9.11. The summed E-state index contributed by atoms with van der Waals surface area (Å²) in [5, 5.41) is 4.76. The van der Waals surface area contributed by atoms with E-state index < -0.39 is 0 Å². The molecule has 1 aromatic heterocycles. The molecule has 3 aromatic rings. The van der Waals surface area contributed by atoms with Crippen molar-refractivity contribution in [3.8, 4) is 0 Å². The highest BCUT2D eigenvalue weighted by atomic mass is 35.5. The summed E-state index contributed by atoms with van der Waals surface area (Å²) < 4.78 is 11.1. The molecule has 1 N–H and O–H groups in total. The molecule has 1 aliphatic carbocycles. The second kappa shape index (κ2) is 7.14. The number of ether oxygens (including phenoxy) is 1. The van der Waals surface area contributed by atoms with E-state index in [0.29, 0.717) is 28.9 Å². The third kappa shape index (κ3) is 3.35. The van der Waals surface area contributed by atoms with Crippen molar-refractivity contribution in [2.24, 2.45) is 5.92 Å². The molecule has 1 heterocycles. The molecule has 0 saturated heterocycles. The molecule has 0 radical (unpaired) electrons. The van der Waals surface area contributed by atoms with Gasteiger partial charge in [0.2, 0.25) is 0 Å². The zero-order valence-electron chi connectivity index (χ0n) is 14.5. The fourth-order valence-electron chi connectivity index (χ4n) is 3.35. The Balaban J connectivity index is 1.65. The number of furan rings is 1. The van der Waals surface area contributed by atoms with Crippen LogP contribution >= 0.6 is 11.6 Å². The molecule has 1 saturated carbocycles. The van der Waals surface area contributed by atoms with Crippen LogP contribution in [-0.4, -0.2) is 13.0 Å². The summed E-state index contributed by atoms with van der Waals surface area (Å²) >= 11 is 6.00. The maximum atomic E-state index is 13.0.